The molecule has 194 valence electrons. The number of ether oxygens (including phenoxy) is 2. The monoisotopic (exact) mass is 514 g/mol. The van der Waals surface area contributed by atoms with Gasteiger partial charge >= 0.3 is 0 Å². The van der Waals surface area contributed by atoms with Crippen LogP contribution in [0, 0.1) is 5.82 Å². The van der Waals surface area contributed by atoms with Crippen LogP contribution in [0.25, 0.3) is 10.9 Å². The second kappa shape index (κ2) is 11.2. The Bertz CT molecular complexity index is 1580. The lowest BCUT2D eigenvalue weighted by Crippen LogP contribution is -2.28. The average Bonchev–Trinajstić information content (AvgIpc) is 3.36. The smallest absolute Gasteiger partial charge is 0.252 e. The Hall–Kier alpha value is -4.57. The molecule has 5 aromatic rings. The van der Waals surface area contributed by atoms with E-state index in [4.69, 9.17) is 9.47 Å². The van der Waals surface area contributed by atoms with Crippen LogP contribution in [-0.4, -0.2) is 44.3 Å². The summed E-state index contributed by atoms with van der Waals surface area (Å²) in [5.41, 5.74) is 3.06. The van der Waals surface area contributed by atoms with Gasteiger partial charge in [0.2, 0.25) is 0 Å². The molecule has 0 fully saturated rings. The van der Waals surface area contributed by atoms with E-state index in [0.717, 1.165) is 27.8 Å². The molecule has 5 rings (SSSR count). The highest BCUT2D eigenvalue weighted by Gasteiger charge is 2.16. The number of benzene rings is 3. The van der Waals surface area contributed by atoms with E-state index in [9.17, 15) is 9.18 Å². The third-order valence-corrected chi connectivity index (χ3v) is 6.30. The van der Waals surface area contributed by atoms with Crippen LogP contribution in [0.2, 0.25) is 0 Å². The molecule has 1 N–H and O–H groups in total. The molecular formula is C28H27FN6O3. The summed E-state index contributed by atoms with van der Waals surface area (Å²) >= 11 is 0. The van der Waals surface area contributed by atoms with E-state index in [0.29, 0.717) is 43.3 Å². The first kappa shape index (κ1) is 25.1. The van der Waals surface area contributed by atoms with Crippen molar-refractivity contribution < 1.29 is 13.9 Å². The molecule has 0 unspecified atom stereocenters. The van der Waals surface area contributed by atoms with Crippen molar-refractivity contribution in [3.63, 3.8) is 0 Å². The lowest BCUT2D eigenvalue weighted by Gasteiger charge is -2.22. The molecule has 3 aromatic carbocycles. The molecule has 0 saturated carbocycles. The van der Waals surface area contributed by atoms with Gasteiger partial charge in [-0.25, -0.2) is 9.07 Å². The molecule has 0 spiro atoms. The summed E-state index contributed by atoms with van der Waals surface area (Å²) in [7, 11) is 3.23. The zero-order valence-corrected chi connectivity index (χ0v) is 21.1. The van der Waals surface area contributed by atoms with Crippen LogP contribution in [0.4, 0.5) is 4.39 Å². The molecule has 0 saturated heterocycles. The number of hydrogen-bond donors (Lipinski definition) is 1. The predicted molar refractivity (Wildman–Crippen MR) is 140 cm³/mol. The van der Waals surface area contributed by atoms with Crippen LogP contribution in [-0.2, 0) is 26.2 Å². The minimum Gasteiger partial charge on any atom is -0.497 e. The van der Waals surface area contributed by atoms with Crippen LogP contribution in [0.15, 0.2) is 77.6 Å². The number of fused-ring (bicyclic) bond motifs is 1. The summed E-state index contributed by atoms with van der Waals surface area (Å²) in [5.74, 6) is 1.82. The number of tetrazole rings is 1. The van der Waals surface area contributed by atoms with Crippen molar-refractivity contribution in [1.82, 2.24) is 30.1 Å². The van der Waals surface area contributed by atoms with Crippen LogP contribution in [0.5, 0.6) is 11.5 Å². The van der Waals surface area contributed by atoms with Gasteiger partial charge in [-0.05, 0) is 70.1 Å². The summed E-state index contributed by atoms with van der Waals surface area (Å²) in [6, 6.07) is 21.4. The molecule has 0 aliphatic rings. The van der Waals surface area contributed by atoms with Crippen LogP contribution in [0.1, 0.15) is 22.5 Å². The van der Waals surface area contributed by atoms with Crippen molar-refractivity contribution in [2.45, 2.75) is 26.2 Å². The molecule has 38 heavy (non-hydrogen) atoms. The van der Waals surface area contributed by atoms with Gasteiger partial charge in [0.05, 0.1) is 27.3 Å². The quantitative estimate of drug-likeness (QED) is 0.302. The van der Waals surface area contributed by atoms with Crippen LogP contribution >= 0.6 is 0 Å². The predicted octanol–water partition coefficient (Wildman–Crippen LogP) is 3.92. The number of aromatic nitrogens is 5. The van der Waals surface area contributed by atoms with Gasteiger partial charge in [-0.15, -0.1) is 5.10 Å². The highest BCUT2D eigenvalue weighted by molar-refractivity contribution is 5.80. The number of H-pyrrole nitrogens is 1. The number of pyridine rings is 1. The highest BCUT2D eigenvalue weighted by atomic mass is 19.1. The summed E-state index contributed by atoms with van der Waals surface area (Å²) in [6.07, 6.45) is 0. The van der Waals surface area contributed by atoms with Crippen molar-refractivity contribution >= 4 is 10.9 Å². The first-order valence-electron chi connectivity index (χ1n) is 12.1. The van der Waals surface area contributed by atoms with Gasteiger partial charge in [0, 0.05) is 29.6 Å². The van der Waals surface area contributed by atoms with Gasteiger partial charge in [-0.3, -0.25) is 9.69 Å². The number of methoxy groups -OCH3 is 2. The van der Waals surface area contributed by atoms with Gasteiger partial charge in [0.15, 0.2) is 5.82 Å². The second-order valence-corrected chi connectivity index (χ2v) is 8.95. The Morgan fingerprint density at radius 3 is 2.32 bits per heavy atom. The number of aromatic amines is 1. The zero-order valence-electron chi connectivity index (χ0n) is 21.1. The summed E-state index contributed by atoms with van der Waals surface area (Å²) < 4.78 is 25.9. The van der Waals surface area contributed by atoms with Gasteiger partial charge in [0.25, 0.3) is 5.56 Å². The van der Waals surface area contributed by atoms with E-state index in [1.807, 2.05) is 42.5 Å². The van der Waals surface area contributed by atoms with E-state index in [1.165, 1.54) is 12.1 Å². The summed E-state index contributed by atoms with van der Waals surface area (Å²) in [6.45, 7) is 1.64. The SMILES string of the molecule is COc1ccc(Cn2nnnc2CN(Cc2ccc(F)cc2)Cc2cc3cc(OC)ccc3[nH]c2=O)cc1. The molecule has 0 radical (unpaired) electrons. The molecule has 0 bridgehead atoms. The van der Waals surface area contributed by atoms with Gasteiger partial charge < -0.3 is 14.5 Å². The van der Waals surface area contributed by atoms with Gasteiger partial charge in [-0.2, -0.15) is 0 Å². The van der Waals surface area contributed by atoms with E-state index in [-0.39, 0.29) is 11.4 Å². The molecular weight excluding hydrogens is 487 g/mol. The third-order valence-electron chi connectivity index (χ3n) is 6.30. The maximum absolute atomic E-state index is 13.5. The maximum Gasteiger partial charge on any atom is 0.252 e. The second-order valence-electron chi connectivity index (χ2n) is 8.95. The molecule has 0 aliphatic carbocycles. The Labute approximate surface area is 218 Å². The molecule has 0 amide bonds. The lowest BCUT2D eigenvalue weighted by molar-refractivity contribution is 0.236. The molecule has 2 aromatic heterocycles. The fraction of sp³-hybridized carbons (Fsp3) is 0.214. The zero-order chi connectivity index (χ0) is 26.5. The molecule has 2 heterocycles. The molecule has 0 atom stereocenters. The van der Waals surface area contributed by atoms with E-state index < -0.39 is 0 Å². The maximum atomic E-state index is 13.5. The fourth-order valence-electron chi connectivity index (χ4n) is 4.29. The van der Waals surface area contributed by atoms with Gasteiger partial charge in [0.1, 0.15) is 17.3 Å². The van der Waals surface area contributed by atoms with Crippen molar-refractivity contribution in [3.05, 3.63) is 111 Å². The molecule has 0 aliphatic heterocycles. The number of halogens is 1. The minimum absolute atomic E-state index is 0.176. The lowest BCUT2D eigenvalue weighted by atomic mass is 10.1. The number of hydrogen-bond acceptors (Lipinski definition) is 7. The van der Waals surface area contributed by atoms with E-state index in [2.05, 4.69) is 25.4 Å². The first-order chi connectivity index (χ1) is 18.5. The highest BCUT2D eigenvalue weighted by Crippen LogP contribution is 2.20. The number of nitrogens with zero attached hydrogens (tertiary/aromatic N) is 5. The Morgan fingerprint density at radius 1 is 0.868 bits per heavy atom. The molecule has 10 heteroatoms. The largest absolute Gasteiger partial charge is 0.497 e. The normalized spacial score (nSPS) is 11.3. The summed E-state index contributed by atoms with van der Waals surface area (Å²) in [5, 5.41) is 13.2. The van der Waals surface area contributed by atoms with Crippen molar-refractivity contribution in [3.8, 4) is 11.5 Å². The standard InChI is InChI=1S/C28H27FN6O3/c1-37-24-9-5-20(6-10-24)16-35-27(31-32-33-35)18-34(15-19-3-7-23(29)8-4-19)17-22-13-21-14-25(38-2)11-12-26(21)30-28(22)36/h3-14H,15-18H2,1-2H3,(H,30,36). The van der Waals surface area contributed by atoms with E-state index >= 15 is 0 Å². The molecule has 9 nitrogen and oxygen atoms in total. The Balaban J connectivity index is 1.43. The van der Waals surface area contributed by atoms with Crippen LogP contribution in [0.3, 0.4) is 0 Å². The number of nitrogens with one attached hydrogen (secondary N) is 1. The van der Waals surface area contributed by atoms with Crippen molar-refractivity contribution in [2.24, 2.45) is 0 Å². The number of rotatable bonds is 10. The summed E-state index contributed by atoms with van der Waals surface area (Å²) in [4.78, 5) is 18.0. The van der Waals surface area contributed by atoms with E-state index in [1.54, 1.807) is 37.1 Å². The average molecular weight is 515 g/mol. The Morgan fingerprint density at radius 2 is 1.58 bits per heavy atom. The van der Waals surface area contributed by atoms with Crippen LogP contribution < -0.4 is 15.0 Å². The van der Waals surface area contributed by atoms with Crippen molar-refractivity contribution in [2.75, 3.05) is 14.2 Å². The fourth-order valence-corrected chi connectivity index (χ4v) is 4.29. The topological polar surface area (TPSA) is 98.2 Å². The first-order valence-corrected chi connectivity index (χ1v) is 12.1. The van der Waals surface area contributed by atoms with Gasteiger partial charge in [-0.1, -0.05) is 24.3 Å². The third kappa shape index (κ3) is 5.87. The van der Waals surface area contributed by atoms with Crippen molar-refractivity contribution in [1.29, 1.82) is 0 Å². The Kier molecular flexibility index (Phi) is 7.41. The minimum atomic E-state index is -0.302.